The molecule has 1 aromatic carbocycles. The zero-order valence-electron chi connectivity index (χ0n) is 24.3. The van der Waals surface area contributed by atoms with Crippen molar-refractivity contribution in [1.82, 2.24) is 9.55 Å². The zero-order valence-corrected chi connectivity index (χ0v) is 25.3. The number of ether oxygens (including phenoxy) is 4. The van der Waals surface area contributed by atoms with Crippen LogP contribution in [0.1, 0.15) is 32.1 Å². The number of hydrogen-bond acceptors (Lipinski definition) is 6. The number of nitrogens with one attached hydrogen (secondary N) is 1. The Bertz CT molecular complexity index is 1300. The molecule has 1 aliphatic heterocycles. The molecule has 1 saturated carbocycles. The molecule has 1 unspecified atom stereocenters. The van der Waals surface area contributed by atoms with Crippen molar-refractivity contribution in [3.63, 3.8) is 0 Å². The van der Waals surface area contributed by atoms with E-state index in [2.05, 4.69) is 37.2 Å². The fraction of sp³-hybridized carbons (Fsp3) is 0.548. The highest BCUT2D eigenvalue weighted by atomic mass is 28.3. The van der Waals surface area contributed by atoms with Gasteiger partial charge in [0.05, 0.1) is 13.7 Å². The summed E-state index contributed by atoms with van der Waals surface area (Å²) in [6, 6.07) is 13.0. The smallest absolute Gasteiger partial charge is 0.228 e. The lowest BCUT2D eigenvalue weighted by Crippen LogP contribution is -2.23. The fourth-order valence-electron chi connectivity index (χ4n) is 5.26. The molecule has 1 aliphatic carbocycles. The number of pyridine rings is 1. The van der Waals surface area contributed by atoms with Crippen LogP contribution >= 0.6 is 0 Å². The normalized spacial score (nSPS) is 20.9. The molecule has 1 N–H and O–H groups in total. The van der Waals surface area contributed by atoms with E-state index in [4.69, 9.17) is 23.9 Å². The number of amides is 1. The molecule has 1 amide bonds. The molecule has 40 heavy (non-hydrogen) atoms. The van der Waals surface area contributed by atoms with E-state index in [0.29, 0.717) is 25.1 Å². The van der Waals surface area contributed by atoms with Crippen molar-refractivity contribution < 1.29 is 23.7 Å². The minimum absolute atomic E-state index is 0.00851. The third kappa shape index (κ3) is 7.31. The maximum atomic E-state index is 13.0. The van der Waals surface area contributed by atoms with Gasteiger partial charge in [0, 0.05) is 49.9 Å². The van der Waals surface area contributed by atoms with Crippen LogP contribution in [-0.2, 0) is 25.7 Å². The number of anilines is 1. The average Bonchev–Trinajstić information content (AvgIpc) is 3.64. The number of carbonyl (C=O) groups excluding carboxylic acids is 1. The molecule has 2 aliphatic rings. The molecule has 8 nitrogen and oxygen atoms in total. The summed E-state index contributed by atoms with van der Waals surface area (Å²) in [5.74, 6) is 1.75. The molecular weight excluding hydrogens is 522 g/mol. The van der Waals surface area contributed by atoms with Gasteiger partial charge in [-0.25, -0.2) is 4.98 Å². The lowest BCUT2D eigenvalue weighted by atomic mass is 10.0. The van der Waals surface area contributed by atoms with Crippen LogP contribution in [0, 0.1) is 11.8 Å². The van der Waals surface area contributed by atoms with E-state index in [1.807, 2.05) is 34.9 Å². The number of aromatic nitrogens is 2. The summed E-state index contributed by atoms with van der Waals surface area (Å²) in [5.41, 5.74) is 2.80. The molecule has 2 aromatic heterocycles. The second-order valence-corrected chi connectivity index (χ2v) is 17.8. The van der Waals surface area contributed by atoms with Gasteiger partial charge in [-0.3, -0.25) is 4.79 Å². The van der Waals surface area contributed by atoms with Crippen LogP contribution in [0.4, 0.5) is 5.82 Å². The van der Waals surface area contributed by atoms with Crippen LogP contribution in [0.3, 0.4) is 0 Å². The number of para-hydroxylation sites is 1. The molecule has 1 saturated heterocycles. The predicted molar refractivity (Wildman–Crippen MR) is 160 cm³/mol. The van der Waals surface area contributed by atoms with Crippen molar-refractivity contribution >= 4 is 30.8 Å². The minimum atomic E-state index is -1.19. The Hall–Kier alpha value is -2.72. The summed E-state index contributed by atoms with van der Waals surface area (Å²) in [4.78, 5) is 17.9. The lowest BCUT2D eigenvalue weighted by Gasteiger charge is -2.22. The van der Waals surface area contributed by atoms with Crippen LogP contribution in [0.2, 0.25) is 25.7 Å². The molecule has 9 heteroatoms. The van der Waals surface area contributed by atoms with Gasteiger partial charge in [0.1, 0.15) is 23.9 Å². The number of carbonyl (C=O) groups is 1. The molecule has 3 aromatic rings. The van der Waals surface area contributed by atoms with Crippen LogP contribution < -0.4 is 10.1 Å². The van der Waals surface area contributed by atoms with Crippen molar-refractivity contribution in [2.45, 2.75) is 70.8 Å². The van der Waals surface area contributed by atoms with Crippen LogP contribution in [-0.4, -0.2) is 56.8 Å². The first-order chi connectivity index (χ1) is 19.3. The number of rotatable bonds is 13. The standard InChI is InChI=1S/C31H43N3O5Si/c1-36-27-10-6-5-9-23(27)26-20-34(21-37-17-18-40(2,3)4)30-24(26)12-13-28(32-30)33-31(35)25-19-22(25)14-16-39-29-11-7-8-15-38-29/h5-6,9-10,12-13,20,22,25,29H,7-8,11,14-19,21H2,1-4H3,(H,32,33,35)/t22-,25-,29?/m1/s1. The first kappa shape index (κ1) is 28.8. The highest BCUT2D eigenvalue weighted by molar-refractivity contribution is 6.76. The SMILES string of the molecule is COc1ccccc1-c1cn(COCC[Si](C)(C)C)c2nc(NC(=O)[C@@H]3C[C@H]3CCOC3CCCCO3)ccc12. The number of benzene rings is 1. The monoisotopic (exact) mass is 565 g/mol. The predicted octanol–water partition coefficient (Wildman–Crippen LogP) is 6.53. The molecule has 0 bridgehead atoms. The Kier molecular flexibility index (Phi) is 9.25. The Morgan fingerprint density at radius 2 is 1.98 bits per heavy atom. The average molecular weight is 566 g/mol. The molecule has 216 valence electrons. The highest BCUT2D eigenvalue weighted by Crippen LogP contribution is 2.42. The summed E-state index contributed by atoms with van der Waals surface area (Å²) in [6.45, 7) is 9.58. The summed E-state index contributed by atoms with van der Waals surface area (Å²) < 4.78 is 25.3. The van der Waals surface area contributed by atoms with E-state index in [1.165, 1.54) is 0 Å². The van der Waals surface area contributed by atoms with E-state index < -0.39 is 8.07 Å². The summed E-state index contributed by atoms with van der Waals surface area (Å²) in [5, 5.41) is 4.05. The largest absolute Gasteiger partial charge is 0.496 e. The Morgan fingerprint density at radius 1 is 1.12 bits per heavy atom. The van der Waals surface area contributed by atoms with Crippen molar-refractivity contribution in [1.29, 1.82) is 0 Å². The summed E-state index contributed by atoms with van der Waals surface area (Å²) in [6.07, 6.45) is 7.00. The van der Waals surface area contributed by atoms with E-state index in [-0.39, 0.29) is 18.1 Å². The third-order valence-electron chi connectivity index (χ3n) is 7.79. The Morgan fingerprint density at radius 3 is 2.75 bits per heavy atom. The topological polar surface area (TPSA) is 83.8 Å². The van der Waals surface area contributed by atoms with Gasteiger partial charge < -0.3 is 28.8 Å². The number of nitrogens with zero attached hydrogens (tertiary/aromatic N) is 2. The zero-order chi connectivity index (χ0) is 28.1. The summed E-state index contributed by atoms with van der Waals surface area (Å²) >= 11 is 0. The quantitative estimate of drug-likeness (QED) is 0.187. The summed E-state index contributed by atoms with van der Waals surface area (Å²) in [7, 11) is 0.492. The van der Waals surface area contributed by atoms with Gasteiger partial charge in [0.2, 0.25) is 5.91 Å². The van der Waals surface area contributed by atoms with Crippen LogP contribution in [0.5, 0.6) is 5.75 Å². The van der Waals surface area contributed by atoms with E-state index in [1.54, 1.807) is 7.11 Å². The maximum Gasteiger partial charge on any atom is 0.228 e. The first-order valence-corrected chi connectivity index (χ1v) is 18.3. The number of hydrogen-bond donors (Lipinski definition) is 1. The lowest BCUT2D eigenvalue weighted by molar-refractivity contribution is -0.163. The van der Waals surface area contributed by atoms with Crippen LogP contribution in [0.25, 0.3) is 22.2 Å². The number of fused-ring (bicyclic) bond motifs is 1. The van der Waals surface area contributed by atoms with Gasteiger partial charge >= 0.3 is 0 Å². The second-order valence-electron chi connectivity index (χ2n) is 12.2. The Labute approximate surface area is 238 Å². The maximum absolute atomic E-state index is 13.0. The van der Waals surface area contributed by atoms with Gasteiger partial charge in [-0.2, -0.15) is 0 Å². The Balaban J connectivity index is 1.27. The van der Waals surface area contributed by atoms with E-state index >= 15 is 0 Å². The van der Waals surface area contributed by atoms with Crippen molar-refractivity contribution in [3.05, 3.63) is 42.6 Å². The molecule has 2 fully saturated rings. The van der Waals surface area contributed by atoms with Crippen molar-refractivity contribution in [2.24, 2.45) is 11.8 Å². The molecule has 3 atom stereocenters. The van der Waals surface area contributed by atoms with E-state index in [0.717, 1.165) is 79.3 Å². The molecule has 5 rings (SSSR count). The fourth-order valence-corrected chi connectivity index (χ4v) is 6.01. The van der Waals surface area contributed by atoms with Gasteiger partial charge in [-0.1, -0.05) is 37.8 Å². The van der Waals surface area contributed by atoms with Crippen molar-refractivity contribution in [2.75, 3.05) is 32.2 Å². The first-order valence-electron chi connectivity index (χ1n) is 14.6. The third-order valence-corrected chi connectivity index (χ3v) is 9.49. The van der Waals surface area contributed by atoms with E-state index in [9.17, 15) is 4.79 Å². The number of methoxy groups -OCH3 is 1. The molecule has 0 radical (unpaired) electrons. The second kappa shape index (κ2) is 12.8. The molecule has 0 spiro atoms. The highest BCUT2D eigenvalue weighted by Gasteiger charge is 2.42. The van der Waals surface area contributed by atoms with Gasteiger partial charge in [0.25, 0.3) is 0 Å². The minimum Gasteiger partial charge on any atom is -0.496 e. The van der Waals surface area contributed by atoms with Crippen molar-refractivity contribution in [3.8, 4) is 16.9 Å². The van der Waals surface area contributed by atoms with Gasteiger partial charge in [-0.15, -0.1) is 0 Å². The van der Waals surface area contributed by atoms with Gasteiger partial charge in [0.15, 0.2) is 6.29 Å². The van der Waals surface area contributed by atoms with Gasteiger partial charge in [-0.05, 0) is 62.3 Å². The van der Waals surface area contributed by atoms with Crippen LogP contribution in [0.15, 0.2) is 42.6 Å². The molecular formula is C31H43N3O5Si. The molecule has 3 heterocycles.